The number of hydrogen-bond donors (Lipinski definition) is 1. The molecule has 0 aromatic heterocycles. The summed E-state index contributed by atoms with van der Waals surface area (Å²) in [4.78, 5) is 39.3. The lowest BCUT2D eigenvalue weighted by Gasteiger charge is -2.57. The third-order valence-electron chi connectivity index (χ3n) is 11.2. The quantitative estimate of drug-likeness (QED) is 0.102. The highest BCUT2D eigenvalue weighted by molar-refractivity contribution is 7.59. The monoisotopic (exact) mass is 697 g/mol. The van der Waals surface area contributed by atoms with Crippen LogP contribution < -0.4 is 5.32 Å². The van der Waals surface area contributed by atoms with Crippen LogP contribution in [0.25, 0.3) is 11.1 Å². The van der Waals surface area contributed by atoms with E-state index in [4.69, 9.17) is 14.0 Å². The number of ketones is 1. The number of alkyl carbamates (subject to hydrolysis) is 1. The molecular weight excluding hydrogens is 649 g/mol. The molecule has 2 unspecified atom stereocenters. The number of hydrogen-bond acceptors (Lipinski definition) is 7. The van der Waals surface area contributed by atoms with Gasteiger partial charge in [-0.05, 0) is 90.9 Å². The first-order chi connectivity index (χ1) is 24.1. The minimum atomic E-state index is -3.70. The van der Waals surface area contributed by atoms with Crippen molar-refractivity contribution in [2.75, 3.05) is 19.4 Å². The van der Waals surface area contributed by atoms with Gasteiger partial charge < -0.3 is 19.3 Å². The Kier molecular flexibility index (Phi) is 10.0. The lowest BCUT2D eigenvalue weighted by molar-refractivity contribution is -0.142. The zero-order chi connectivity index (χ0) is 34.9. The summed E-state index contributed by atoms with van der Waals surface area (Å²) in [5, 5.41) is 2.98. The molecule has 3 aromatic carbocycles. The standard InChI is InChI=1S/C41H48NO7P/c1-27(2)18-38(42-40(45)48-25-36-34-14-8-6-12-32(34)33-13-7-9-15-35(33)36)50(46,49-41-22-28-19-29(23-41)21-30(20-28)24-41)17-16-39(44)47-26-37(43)31-10-4-3-5-11-31/h3-15,27-30,36,38H,16-26H2,1-2H3,(H,42,45). The lowest BCUT2D eigenvalue weighted by atomic mass is 9.54. The molecule has 1 amide bonds. The molecule has 50 heavy (non-hydrogen) atoms. The molecule has 264 valence electrons. The van der Waals surface area contributed by atoms with Gasteiger partial charge in [-0.3, -0.25) is 14.2 Å². The van der Waals surface area contributed by atoms with Crippen LogP contribution in [0.4, 0.5) is 4.79 Å². The second-order valence-electron chi connectivity index (χ2n) is 15.5. The molecule has 4 fully saturated rings. The Balaban J connectivity index is 1.07. The fourth-order valence-corrected chi connectivity index (χ4v) is 12.4. The Morgan fingerprint density at radius 1 is 0.800 bits per heavy atom. The van der Waals surface area contributed by atoms with Crippen molar-refractivity contribution in [3.05, 3.63) is 95.6 Å². The molecule has 0 heterocycles. The molecule has 9 heteroatoms. The topological polar surface area (TPSA) is 108 Å². The summed E-state index contributed by atoms with van der Waals surface area (Å²) in [5.74, 6) is -0.121. The molecule has 0 saturated heterocycles. The maximum atomic E-state index is 15.4. The number of nitrogens with one attached hydrogen (secondary N) is 1. The van der Waals surface area contributed by atoms with Gasteiger partial charge in [-0.15, -0.1) is 0 Å². The molecule has 0 aliphatic heterocycles. The van der Waals surface area contributed by atoms with Crippen LogP contribution in [0.1, 0.15) is 92.6 Å². The van der Waals surface area contributed by atoms with E-state index in [1.54, 1.807) is 24.3 Å². The number of rotatable bonds is 14. The van der Waals surface area contributed by atoms with Crippen molar-refractivity contribution in [3.8, 4) is 11.1 Å². The van der Waals surface area contributed by atoms with Crippen molar-refractivity contribution in [3.63, 3.8) is 0 Å². The number of carbonyl (C=O) groups is 3. The Hall–Kier alpha value is -3.74. The summed E-state index contributed by atoms with van der Waals surface area (Å²) in [6, 6.07) is 25.0. The molecule has 4 bridgehead atoms. The first kappa shape index (κ1) is 34.7. The van der Waals surface area contributed by atoms with E-state index in [-0.39, 0.29) is 36.8 Å². The van der Waals surface area contributed by atoms with Gasteiger partial charge in [-0.25, -0.2) is 4.79 Å². The summed E-state index contributed by atoms with van der Waals surface area (Å²) in [5.41, 5.74) is 4.44. The summed E-state index contributed by atoms with van der Waals surface area (Å²) < 4.78 is 33.6. The van der Waals surface area contributed by atoms with Gasteiger partial charge in [0, 0.05) is 17.6 Å². The number of amides is 1. The van der Waals surface area contributed by atoms with Crippen molar-refractivity contribution < 1.29 is 32.9 Å². The average molecular weight is 698 g/mol. The van der Waals surface area contributed by atoms with Crippen LogP contribution in [-0.4, -0.2) is 48.6 Å². The summed E-state index contributed by atoms with van der Waals surface area (Å²) in [6.45, 7) is 3.78. The Bertz CT molecular complexity index is 1690. The molecule has 5 aliphatic rings. The largest absolute Gasteiger partial charge is 0.457 e. The fraction of sp³-hybridized carbons (Fsp3) is 0.488. The van der Waals surface area contributed by atoms with E-state index in [0.29, 0.717) is 29.7 Å². The predicted octanol–water partition coefficient (Wildman–Crippen LogP) is 8.98. The SMILES string of the molecule is CC(C)CC(NC(=O)OCC1c2ccccc2-c2ccccc21)P(=O)(CCC(=O)OCC(=O)c1ccccc1)OC12CC3CC(CC(C3)C1)C2. The van der Waals surface area contributed by atoms with Gasteiger partial charge in [-0.1, -0.05) is 92.7 Å². The first-order valence-corrected chi connectivity index (χ1v) is 20.1. The van der Waals surface area contributed by atoms with Gasteiger partial charge in [0.2, 0.25) is 7.37 Å². The fourth-order valence-electron chi connectivity index (χ4n) is 9.45. The number of Topliss-reactive ketones (excluding diaryl/α,β-unsaturated/α-hetero) is 1. The van der Waals surface area contributed by atoms with E-state index < -0.39 is 37.4 Å². The number of esters is 1. The van der Waals surface area contributed by atoms with Crippen LogP contribution in [-0.2, 0) is 23.4 Å². The highest BCUT2D eigenvalue weighted by Crippen LogP contribution is 2.65. The molecule has 4 saturated carbocycles. The second-order valence-corrected chi connectivity index (χ2v) is 18.2. The Morgan fingerprint density at radius 2 is 1.36 bits per heavy atom. The molecule has 8 rings (SSSR count). The van der Waals surface area contributed by atoms with Gasteiger partial charge in [-0.2, -0.15) is 0 Å². The predicted molar refractivity (Wildman–Crippen MR) is 192 cm³/mol. The van der Waals surface area contributed by atoms with E-state index >= 15 is 4.57 Å². The van der Waals surface area contributed by atoms with E-state index in [1.807, 2.05) is 44.2 Å². The summed E-state index contributed by atoms with van der Waals surface area (Å²) in [6.07, 6.45) is 5.64. The maximum absolute atomic E-state index is 15.4. The van der Waals surface area contributed by atoms with Gasteiger partial charge in [0.25, 0.3) is 0 Å². The highest BCUT2D eigenvalue weighted by Gasteiger charge is 2.55. The molecule has 8 nitrogen and oxygen atoms in total. The molecule has 3 aromatic rings. The minimum Gasteiger partial charge on any atom is -0.457 e. The molecule has 2 atom stereocenters. The van der Waals surface area contributed by atoms with Crippen molar-refractivity contribution >= 4 is 25.2 Å². The lowest BCUT2D eigenvalue weighted by Crippen LogP contribution is -2.52. The van der Waals surface area contributed by atoms with Crippen LogP contribution in [0.2, 0.25) is 0 Å². The Morgan fingerprint density at radius 3 is 1.94 bits per heavy atom. The zero-order valence-electron chi connectivity index (χ0n) is 29.1. The smallest absolute Gasteiger partial charge is 0.407 e. The first-order valence-electron chi connectivity index (χ1n) is 18.2. The van der Waals surface area contributed by atoms with Crippen molar-refractivity contribution in [1.82, 2.24) is 5.32 Å². The second kappa shape index (κ2) is 14.5. The van der Waals surface area contributed by atoms with E-state index in [1.165, 1.54) is 19.3 Å². The molecule has 0 radical (unpaired) electrons. The number of fused-ring (bicyclic) bond motifs is 3. The van der Waals surface area contributed by atoms with E-state index in [9.17, 15) is 14.4 Å². The van der Waals surface area contributed by atoms with Gasteiger partial charge >= 0.3 is 12.1 Å². The minimum absolute atomic E-state index is 0.0811. The number of benzene rings is 3. The molecule has 0 spiro atoms. The van der Waals surface area contributed by atoms with Crippen LogP contribution in [0.3, 0.4) is 0 Å². The molecule has 1 N–H and O–H groups in total. The zero-order valence-corrected chi connectivity index (χ0v) is 29.9. The number of carbonyl (C=O) groups excluding carboxylic acids is 3. The molecular formula is C41H48NO7P. The van der Waals surface area contributed by atoms with Crippen molar-refractivity contribution in [2.45, 2.75) is 82.5 Å². The van der Waals surface area contributed by atoms with Crippen molar-refractivity contribution in [1.29, 1.82) is 0 Å². The number of ether oxygens (including phenoxy) is 2. The summed E-state index contributed by atoms with van der Waals surface area (Å²) in [7, 11) is -3.70. The average Bonchev–Trinajstić information content (AvgIpc) is 3.41. The van der Waals surface area contributed by atoms with Crippen molar-refractivity contribution in [2.24, 2.45) is 23.7 Å². The van der Waals surface area contributed by atoms with Crippen LogP contribution in [0.15, 0.2) is 78.9 Å². The van der Waals surface area contributed by atoms with Crippen LogP contribution in [0, 0.1) is 23.7 Å². The van der Waals surface area contributed by atoms with Crippen LogP contribution in [0.5, 0.6) is 0 Å². The van der Waals surface area contributed by atoms with Gasteiger partial charge in [0.15, 0.2) is 12.4 Å². The van der Waals surface area contributed by atoms with Gasteiger partial charge in [0.1, 0.15) is 12.4 Å². The normalized spacial score (nSPS) is 25.0. The summed E-state index contributed by atoms with van der Waals surface area (Å²) >= 11 is 0. The molecule has 5 aliphatic carbocycles. The highest BCUT2D eigenvalue weighted by atomic mass is 31.2. The Labute approximate surface area is 295 Å². The maximum Gasteiger partial charge on any atom is 0.407 e. The van der Waals surface area contributed by atoms with E-state index in [2.05, 4.69) is 29.6 Å². The van der Waals surface area contributed by atoms with Crippen LogP contribution >= 0.6 is 7.37 Å². The van der Waals surface area contributed by atoms with Gasteiger partial charge in [0.05, 0.1) is 12.0 Å². The van der Waals surface area contributed by atoms with E-state index in [0.717, 1.165) is 41.5 Å². The third kappa shape index (κ3) is 7.48. The third-order valence-corrected chi connectivity index (χ3v) is 14.0.